The molecule has 30 heavy (non-hydrogen) atoms. The second-order valence-electron chi connectivity index (χ2n) is 7.38. The number of amides is 3. The predicted molar refractivity (Wildman–Crippen MR) is 107 cm³/mol. The smallest absolute Gasteiger partial charge is 0.308 e. The van der Waals surface area contributed by atoms with Gasteiger partial charge in [-0.2, -0.15) is 0 Å². The zero-order chi connectivity index (χ0) is 21.3. The number of hydrogen-bond acceptors (Lipinski definition) is 4. The fourth-order valence-electron chi connectivity index (χ4n) is 3.88. The maximum absolute atomic E-state index is 13.4. The van der Waals surface area contributed by atoms with Gasteiger partial charge in [0.2, 0.25) is 5.91 Å². The molecule has 0 aromatic heterocycles. The molecule has 0 aliphatic carbocycles. The molecule has 0 saturated heterocycles. The van der Waals surface area contributed by atoms with E-state index in [0.717, 1.165) is 10.5 Å². The van der Waals surface area contributed by atoms with Crippen molar-refractivity contribution in [2.75, 3.05) is 6.54 Å². The average molecular weight is 404 g/mol. The summed E-state index contributed by atoms with van der Waals surface area (Å²) in [5.41, 5.74) is 1.33. The van der Waals surface area contributed by atoms with Crippen LogP contribution in [0.15, 0.2) is 66.9 Å². The molecule has 2 aromatic carbocycles. The molecule has 2 aliphatic rings. The third-order valence-electron chi connectivity index (χ3n) is 5.45. The largest absolute Gasteiger partial charge is 0.481 e. The van der Waals surface area contributed by atoms with E-state index in [2.05, 4.69) is 0 Å². The van der Waals surface area contributed by atoms with E-state index in [4.69, 9.17) is 0 Å². The topological polar surface area (TPSA) is 95.0 Å². The zero-order valence-corrected chi connectivity index (χ0v) is 16.1. The Balaban J connectivity index is 1.69. The molecule has 1 N–H and O–H groups in total. The molecule has 0 radical (unpaired) electrons. The van der Waals surface area contributed by atoms with Gasteiger partial charge in [-0.1, -0.05) is 48.5 Å². The van der Waals surface area contributed by atoms with Crippen molar-refractivity contribution in [1.82, 2.24) is 9.80 Å². The van der Waals surface area contributed by atoms with Gasteiger partial charge in [0.1, 0.15) is 6.04 Å². The molecule has 152 valence electrons. The predicted octanol–water partition coefficient (Wildman–Crippen LogP) is 2.34. The molecule has 3 amide bonds. The lowest BCUT2D eigenvalue weighted by Gasteiger charge is -2.32. The van der Waals surface area contributed by atoms with Crippen molar-refractivity contribution in [2.24, 2.45) is 5.92 Å². The summed E-state index contributed by atoms with van der Waals surface area (Å²) in [6, 6.07) is 14.5. The van der Waals surface area contributed by atoms with Gasteiger partial charge in [0.25, 0.3) is 11.8 Å². The first-order valence-electron chi connectivity index (χ1n) is 9.68. The molecule has 0 bridgehead atoms. The minimum Gasteiger partial charge on any atom is -0.481 e. The van der Waals surface area contributed by atoms with Crippen molar-refractivity contribution in [1.29, 1.82) is 0 Å². The standard InChI is InChI=1S/C23H20N2O5/c26-20-17-10-4-5-11-18(17)21(27)25(20)19(13-15-7-2-1-3-8-15)22(28)24-12-6-9-16(14-24)23(29)30/h1-8,10-12,16,19H,9,13-14H2,(H,29,30)/t16?,19-/m0/s1. The lowest BCUT2D eigenvalue weighted by atomic mass is 9.99. The summed E-state index contributed by atoms with van der Waals surface area (Å²) in [6.07, 6.45) is 3.64. The first kappa shape index (κ1) is 19.6. The van der Waals surface area contributed by atoms with Gasteiger partial charge >= 0.3 is 5.97 Å². The van der Waals surface area contributed by atoms with Crippen LogP contribution in [-0.4, -0.2) is 51.2 Å². The van der Waals surface area contributed by atoms with Gasteiger partial charge in [0.15, 0.2) is 0 Å². The highest BCUT2D eigenvalue weighted by atomic mass is 16.4. The number of carbonyl (C=O) groups is 4. The monoisotopic (exact) mass is 404 g/mol. The van der Waals surface area contributed by atoms with Crippen LogP contribution >= 0.6 is 0 Å². The first-order valence-corrected chi connectivity index (χ1v) is 9.68. The SMILES string of the molecule is O=C(O)C1CC=CN(C(=O)[C@H](Cc2ccccc2)N2C(=O)c3ccccc3C2=O)C1. The number of benzene rings is 2. The van der Waals surface area contributed by atoms with Crippen molar-refractivity contribution in [3.05, 3.63) is 83.6 Å². The number of imide groups is 1. The molecule has 1 unspecified atom stereocenters. The van der Waals surface area contributed by atoms with E-state index in [-0.39, 0.29) is 24.1 Å². The van der Waals surface area contributed by atoms with Crippen LogP contribution in [-0.2, 0) is 16.0 Å². The Morgan fingerprint density at radius 3 is 2.17 bits per heavy atom. The quantitative estimate of drug-likeness (QED) is 0.772. The molecule has 0 fully saturated rings. The maximum Gasteiger partial charge on any atom is 0.308 e. The van der Waals surface area contributed by atoms with E-state index >= 15 is 0 Å². The Morgan fingerprint density at radius 1 is 0.967 bits per heavy atom. The van der Waals surface area contributed by atoms with Crippen LogP contribution < -0.4 is 0 Å². The summed E-state index contributed by atoms with van der Waals surface area (Å²) in [7, 11) is 0. The van der Waals surface area contributed by atoms with E-state index in [0.29, 0.717) is 6.42 Å². The van der Waals surface area contributed by atoms with Crippen molar-refractivity contribution in [3.8, 4) is 0 Å². The molecule has 7 heteroatoms. The fourth-order valence-corrected chi connectivity index (χ4v) is 3.88. The van der Waals surface area contributed by atoms with Gasteiger partial charge in [-0.25, -0.2) is 0 Å². The van der Waals surface area contributed by atoms with Gasteiger partial charge in [-0.15, -0.1) is 0 Å². The number of fused-ring (bicyclic) bond motifs is 1. The molecule has 4 rings (SSSR count). The van der Waals surface area contributed by atoms with Crippen molar-refractivity contribution >= 4 is 23.7 Å². The lowest BCUT2D eigenvalue weighted by molar-refractivity contribution is -0.144. The average Bonchev–Trinajstić information content (AvgIpc) is 3.03. The van der Waals surface area contributed by atoms with E-state index in [1.807, 2.05) is 30.3 Å². The van der Waals surface area contributed by atoms with Crippen LogP contribution in [0.4, 0.5) is 0 Å². The number of rotatable bonds is 5. The van der Waals surface area contributed by atoms with E-state index < -0.39 is 35.7 Å². The molecular weight excluding hydrogens is 384 g/mol. The fraction of sp³-hybridized carbons (Fsp3) is 0.217. The van der Waals surface area contributed by atoms with Crippen LogP contribution in [0.1, 0.15) is 32.7 Å². The second-order valence-corrected chi connectivity index (χ2v) is 7.38. The van der Waals surface area contributed by atoms with Gasteiger partial charge in [-0.3, -0.25) is 24.1 Å². The Morgan fingerprint density at radius 2 is 1.57 bits per heavy atom. The molecule has 2 atom stereocenters. The van der Waals surface area contributed by atoms with Gasteiger partial charge in [-0.05, 0) is 24.1 Å². The van der Waals surface area contributed by atoms with E-state index in [1.54, 1.807) is 30.3 Å². The number of carboxylic acid groups (broad SMARTS) is 1. The Kier molecular flexibility index (Phi) is 5.18. The Bertz CT molecular complexity index is 1010. The van der Waals surface area contributed by atoms with Crippen LogP contribution in [0, 0.1) is 5.92 Å². The highest BCUT2D eigenvalue weighted by Gasteiger charge is 2.44. The summed E-state index contributed by atoms with van der Waals surface area (Å²) in [6.45, 7) is -0.000867. The maximum atomic E-state index is 13.4. The third kappa shape index (κ3) is 3.50. The summed E-state index contributed by atoms with van der Waals surface area (Å²) in [5.74, 6) is -3.21. The van der Waals surface area contributed by atoms with Gasteiger partial charge in [0.05, 0.1) is 17.0 Å². The van der Waals surface area contributed by atoms with Crippen LogP contribution in [0.25, 0.3) is 0 Å². The summed E-state index contributed by atoms with van der Waals surface area (Å²) >= 11 is 0. The van der Waals surface area contributed by atoms with Crippen LogP contribution in [0.3, 0.4) is 0 Å². The lowest BCUT2D eigenvalue weighted by Crippen LogP contribution is -2.52. The van der Waals surface area contributed by atoms with Crippen molar-refractivity contribution < 1.29 is 24.3 Å². The number of allylic oxidation sites excluding steroid dienone is 1. The van der Waals surface area contributed by atoms with Gasteiger partial charge in [0, 0.05) is 19.2 Å². The molecule has 7 nitrogen and oxygen atoms in total. The first-order chi connectivity index (χ1) is 14.5. The second kappa shape index (κ2) is 7.94. The molecule has 0 saturated carbocycles. The normalized spacial score (nSPS) is 19.0. The third-order valence-corrected chi connectivity index (χ3v) is 5.45. The molecule has 0 spiro atoms. The Hall–Kier alpha value is -3.74. The van der Waals surface area contributed by atoms with E-state index in [9.17, 15) is 24.3 Å². The minimum atomic E-state index is -1.07. The number of hydrogen-bond donors (Lipinski definition) is 1. The van der Waals surface area contributed by atoms with Crippen LogP contribution in [0.5, 0.6) is 0 Å². The number of aliphatic carboxylic acids is 1. The zero-order valence-electron chi connectivity index (χ0n) is 16.1. The summed E-state index contributed by atoms with van der Waals surface area (Å²) in [5, 5.41) is 9.34. The van der Waals surface area contributed by atoms with Crippen molar-refractivity contribution in [2.45, 2.75) is 18.9 Å². The molecule has 2 heterocycles. The highest BCUT2D eigenvalue weighted by molar-refractivity contribution is 6.22. The Labute approximate surface area is 173 Å². The highest BCUT2D eigenvalue weighted by Crippen LogP contribution is 2.27. The van der Waals surface area contributed by atoms with Crippen molar-refractivity contribution in [3.63, 3.8) is 0 Å². The number of nitrogens with zero attached hydrogens (tertiary/aromatic N) is 2. The summed E-state index contributed by atoms with van der Waals surface area (Å²) < 4.78 is 0. The number of carbonyl (C=O) groups excluding carboxylic acids is 3. The molecule has 2 aromatic rings. The van der Waals surface area contributed by atoms with E-state index in [1.165, 1.54) is 11.1 Å². The number of carboxylic acids is 1. The minimum absolute atomic E-state index is 0.000867. The summed E-state index contributed by atoms with van der Waals surface area (Å²) in [4.78, 5) is 53.2. The van der Waals surface area contributed by atoms with Crippen LogP contribution in [0.2, 0.25) is 0 Å². The molecular formula is C23H20N2O5. The van der Waals surface area contributed by atoms with Gasteiger partial charge < -0.3 is 10.0 Å². The molecule has 2 aliphatic heterocycles.